The number of benzene rings is 2. The van der Waals surface area contributed by atoms with Crippen molar-refractivity contribution in [2.24, 2.45) is 5.92 Å². The summed E-state index contributed by atoms with van der Waals surface area (Å²) < 4.78 is 62.2. The predicted molar refractivity (Wildman–Crippen MR) is 137 cm³/mol. The van der Waals surface area contributed by atoms with Crippen LogP contribution in [-0.2, 0) is 6.54 Å². The topological polar surface area (TPSA) is 121 Å². The highest BCUT2D eigenvalue weighted by atomic mass is 35.5. The number of carbonyl (C=O) groups is 1. The summed E-state index contributed by atoms with van der Waals surface area (Å²) >= 11 is 6.01. The average molecular weight is 576 g/mol. The number of rotatable bonds is 7. The third-order valence-corrected chi connectivity index (χ3v) is 6.53. The quantitative estimate of drug-likeness (QED) is 0.311. The molecule has 1 amide bonds. The maximum Gasteiger partial charge on any atom is 0.335 e. The zero-order chi connectivity index (χ0) is 28.8. The second-order valence-electron chi connectivity index (χ2n) is 8.97. The molecule has 0 aliphatic heterocycles. The number of ether oxygens (including phenoxy) is 1. The lowest BCUT2D eigenvalue weighted by atomic mass is 10.2. The Hall–Kier alpha value is -4.65. The zero-order valence-electron chi connectivity index (χ0n) is 20.2. The molecule has 0 saturated heterocycles. The van der Waals surface area contributed by atoms with Gasteiger partial charge in [0.1, 0.15) is 22.2 Å². The van der Waals surface area contributed by atoms with Crippen LogP contribution in [-0.4, -0.2) is 25.9 Å². The van der Waals surface area contributed by atoms with Crippen LogP contribution >= 0.6 is 11.6 Å². The molecule has 0 bridgehead atoms. The fourth-order valence-electron chi connectivity index (χ4n) is 3.91. The van der Waals surface area contributed by atoms with Crippen molar-refractivity contribution in [1.29, 1.82) is 0 Å². The van der Waals surface area contributed by atoms with Crippen molar-refractivity contribution in [2.75, 3.05) is 11.1 Å². The molecule has 0 unspecified atom stereocenters. The largest absolute Gasteiger partial charge is 0.453 e. The first-order valence-corrected chi connectivity index (χ1v) is 12.0. The monoisotopic (exact) mass is 575 g/mol. The minimum absolute atomic E-state index is 0.0264. The molecule has 1 aliphatic rings. The van der Waals surface area contributed by atoms with Gasteiger partial charge in [-0.2, -0.15) is 0 Å². The Kier molecular flexibility index (Phi) is 6.84. The van der Waals surface area contributed by atoms with Gasteiger partial charge in [-0.3, -0.25) is 14.2 Å². The fourth-order valence-corrected chi connectivity index (χ4v) is 4.06. The number of aromatic nitrogens is 3. The van der Waals surface area contributed by atoms with E-state index in [0.29, 0.717) is 4.57 Å². The Morgan fingerprint density at radius 1 is 1.12 bits per heavy atom. The molecular weight excluding hydrogens is 558 g/mol. The summed E-state index contributed by atoms with van der Waals surface area (Å²) in [4.78, 5) is 43.1. The van der Waals surface area contributed by atoms with Crippen LogP contribution in [0, 0.1) is 17.6 Å². The number of hydrogen-bond donors (Lipinski definition) is 2. The number of alkyl halides is 2. The van der Waals surface area contributed by atoms with Gasteiger partial charge in [0.15, 0.2) is 17.3 Å². The summed E-state index contributed by atoms with van der Waals surface area (Å²) in [6.45, 7) is -0.462. The van der Waals surface area contributed by atoms with Crippen molar-refractivity contribution >= 4 is 29.0 Å². The van der Waals surface area contributed by atoms with E-state index in [1.165, 1.54) is 24.4 Å². The van der Waals surface area contributed by atoms with Crippen LogP contribution in [0.2, 0.25) is 5.02 Å². The van der Waals surface area contributed by atoms with Crippen LogP contribution in [0.5, 0.6) is 11.5 Å². The lowest BCUT2D eigenvalue weighted by Crippen LogP contribution is -2.42. The smallest absolute Gasteiger partial charge is 0.335 e. The molecule has 40 heavy (non-hydrogen) atoms. The van der Waals surface area contributed by atoms with E-state index < -0.39 is 59.2 Å². The van der Waals surface area contributed by atoms with E-state index in [1.807, 2.05) is 0 Å². The number of carbonyl (C=O) groups excluding carboxylic acids is 1. The normalized spacial score (nSPS) is 15.5. The maximum absolute atomic E-state index is 14.8. The summed E-state index contributed by atoms with van der Waals surface area (Å²) in [6.07, 6.45) is 1.73. The summed E-state index contributed by atoms with van der Waals surface area (Å²) in [5, 5.41) is 2.31. The van der Waals surface area contributed by atoms with Crippen molar-refractivity contribution in [2.45, 2.75) is 18.9 Å². The van der Waals surface area contributed by atoms with Crippen molar-refractivity contribution in [3.63, 3.8) is 0 Å². The van der Waals surface area contributed by atoms with Gasteiger partial charge in [-0.05, 0) is 36.4 Å². The molecule has 1 atom stereocenters. The number of nitrogens with one attached hydrogen (secondary N) is 1. The number of amides is 1. The van der Waals surface area contributed by atoms with Gasteiger partial charge in [0.2, 0.25) is 0 Å². The maximum atomic E-state index is 14.8. The number of anilines is 2. The number of pyridine rings is 1. The molecule has 0 radical (unpaired) electrons. The third-order valence-electron chi connectivity index (χ3n) is 6.15. The molecule has 1 fully saturated rings. The fraction of sp³-hybridized carbons (Fsp3) is 0.154. The van der Waals surface area contributed by atoms with Gasteiger partial charge in [-0.1, -0.05) is 11.6 Å². The highest BCUT2D eigenvalue weighted by molar-refractivity contribution is 6.34. The first-order chi connectivity index (χ1) is 18.9. The van der Waals surface area contributed by atoms with E-state index in [1.54, 1.807) is 0 Å². The van der Waals surface area contributed by atoms with Gasteiger partial charge < -0.3 is 15.8 Å². The van der Waals surface area contributed by atoms with Gasteiger partial charge in [0.25, 0.3) is 17.4 Å². The van der Waals surface area contributed by atoms with Crippen LogP contribution < -0.4 is 27.0 Å². The summed E-state index contributed by atoms with van der Waals surface area (Å²) in [7, 11) is 0. The number of nitrogens with two attached hydrogens (primary N) is 1. The van der Waals surface area contributed by atoms with E-state index in [4.69, 9.17) is 22.1 Å². The summed E-state index contributed by atoms with van der Waals surface area (Å²) in [5.41, 5.74) is 2.78. The van der Waals surface area contributed by atoms with Gasteiger partial charge in [-0.15, -0.1) is 0 Å². The molecule has 2 aromatic heterocycles. The Morgan fingerprint density at radius 2 is 1.82 bits per heavy atom. The first-order valence-electron chi connectivity index (χ1n) is 11.6. The minimum atomic E-state index is -2.98. The van der Waals surface area contributed by atoms with E-state index in [2.05, 4.69) is 10.3 Å². The van der Waals surface area contributed by atoms with Gasteiger partial charge in [-0.25, -0.2) is 31.9 Å². The van der Waals surface area contributed by atoms with E-state index in [9.17, 15) is 31.9 Å². The van der Waals surface area contributed by atoms with Crippen LogP contribution in [0.3, 0.4) is 0 Å². The van der Waals surface area contributed by atoms with Gasteiger partial charge >= 0.3 is 5.69 Å². The molecule has 1 aliphatic carbocycles. The molecule has 0 spiro atoms. The van der Waals surface area contributed by atoms with Crippen LogP contribution in [0.1, 0.15) is 16.8 Å². The molecule has 14 heteroatoms. The zero-order valence-corrected chi connectivity index (χ0v) is 21.0. The Balaban J connectivity index is 1.46. The molecule has 9 nitrogen and oxygen atoms in total. The van der Waals surface area contributed by atoms with Crippen molar-refractivity contribution in [1.82, 2.24) is 14.1 Å². The highest BCUT2D eigenvalue weighted by Gasteiger charge is 2.56. The molecular formula is C26H18ClF4N5O4. The predicted octanol–water partition coefficient (Wildman–Crippen LogP) is 4.61. The second-order valence-corrected chi connectivity index (χ2v) is 9.34. The van der Waals surface area contributed by atoms with Gasteiger partial charge in [0.05, 0.1) is 5.69 Å². The van der Waals surface area contributed by atoms with Crippen LogP contribution in [0.25, 0.3) is 5.69 Å². The number of hydrogen-bond acceptors (Lipinski definition) is 6. The molecule has 206 valence electrons. The highest BCUT2D eigenvalue weighted by Crippen LogP contribution is 2.49. The molecule has 3 N–H and O–H groups in total. The van der Waals surface area contributed by atoms with E-state index >= 15 is 0 Å². The molecule has 5 rings (SSSR count). The second kappa shape index (κ2) is 10.2. The van der Waals surface area contributed by atoms with Crippen molar-refractivity contribution in [3.05, 3.63) is 104 Å². The third kappa shape index (κ3) is 5.27. The van der Waals surface area contributed by atoms with E-state index in [0.717, 1.165) is 41.1 Å². The SMILES string of the molecule is Nc1nccc(Oc2ccc(NC(=O)c3cn(C[C@@H]4CC4(F)F)c(=O)n(-c4ccc(F)cc4)c3=O)cc2F)c1Cl. The Labute approximate surface area is 227 Å². The first kappa shape index (κ1) is 26.9. The summed E-state index contributed by atoms with van der Waals surface area (Å²) in [5.74, 6) is -6.99. The lowest BCUT2D eigenvalue weighted by molar-refractivity contribution is 0.0947. The van der Waals surface area contributed by atoms with Crippen molar-refractivity contribution < 1.29 is 27.1 Å². The Bertz CT molecular complexity index is 1760. The van der Waals surface area contributed by atoms with Crippen molar-refractivity contribution in [3.8, 4) is 17.2 Å². The van der Waals surface area contributed by atoms with Crippen LogP contribution in [0.4, 0.5) is 29.1 Å². The number of nitrogen functional groups attached to an aromatic ring is 1. The molecule has 2 heterocycles. The standard InChI is InChI=1S/C26H18ClF4N5O4/c27-21-20(7-8-33-22(21)32)40-19-6-3-15(9-18(19)29)34-23(37)17-12-35(11-13-10-26(13,30)31)25(39)36(24(17)38)16-4-1-14(28)2-5-16/h1-9,12-13H,10-11H2,(H2,32,33)(H,34,37)/t13-/m0/s1. The van der Waals surface area contributed by atoms with Crippen LogP contribution in [0.15, 0.2) is 70.5 Å². The number of nitrogens with zero attached hydrogens (tertiary/aromatic N) is 3. The minimum Gasteiger partial charge on any atom is -0.453 e. The molecule has 1 saturated carbocycles. The summed E-state index contributed by atoms with van der Waals surface area (Å²) in [6, 6.07) is 8.98. The lowest BCUT2D eigenvalue weighted by Gasteiger charge is -2.14. The van der Waals surface area contributed by atoms with Gasteiger partial charge in [0, 0.05) is 49.1 Å². The van der Waals surface area contributed by atoms with E-state index in [-0.39, 0.29) is 33.7 Å². The Morgan fingerprint density at radius 3 is 2.48 bits per heavy atom. The number of halogens is 5. The molecule has 4 aromatic rings. The molecule has 2 aromatic carbocycles. The average Bonchev–Trinajstić information content (AvgIpc) is 3.51.